The molecule has 2 atom stereocenters. The van der Waals surface area contributed by atoms with Gasteiger partial charge in [0.15, 0.2) is 0 Å². The smallest absolute Gasteiger partial charge is 0.207 e. The predicted octanol–water partition coefficient (Wildman–Crippen LogP) is -0.354. The SMILES string of the molecule is O=CN[C@H]1CCC(O)C1. The van der Waals surface area contributed by atoms with Crippen molar-refractivity contribution >= 4 is 6.41 Å². The van der Waals surface area contributed by atoms with Crippen LogP contribution in [-0.4, -0.2) is 23.7 Å². The van der Waals surface area contributed by atoms with Gasteiger partial charge in [0.05, 0.1) is 6.10 Å². The fourth-order valence-electron chi connectivity index (χ4n) is 1.21. The van der Waals surface area contributed by atoms with Crippen molar-refractivity contribution in [3.63, 3.8) is 0 Å². The molecule has 9 heavy (non-hydrogen) atoms. The third kappa shape index (κ3) is 1.68. The van der Waals surface area contributed by atoms with Gasteiger partial charge in [-0.05, 0) is 19.3 Å². The van der Waals surface area contributed by atoms with Crippen molar-refractivity contribution < 1.29 is 9.90 Å². The summed E-state index contributed by atoms with van der Waals surface area (Å²) in [6, 6.07) is 0.220. The number of hydrogen-bond acceptors (Lipinski definition) is 2. The molecule has 0 aromatic carbocycles. The fraction of sp³-hybridized carbons (Fsp3) is 0.833. The van der Waals surface area contributed by atoms with Gasteiger partial charge in [-0.3, -0.25) is 4.79 Å². The number of nitrogens with one attached hydrogen (secondary N) is 1. The zero-order valence-electron chi connectivity index (χ0n) is 5.21. The van der Waals surface area contributed by atoms with Crippen LogP contribution in [0.2, 0.25) is 0 Å². The molecule has 1 aliphatic rings. The molecule has 0 aliphatic heterocycles. The Labute approximate surface area is 54.1 Å². The van der Waals surface area contributed by atoms with Crippen molar-refractivity contribution in [2.45, 2.75) is 31.4 Å². The van der Waals surface area contributed by atoms with Gasteiger partial charge in [-0.1, -0.05) is 0 Å². The number of rotatable bonds is 2. The average molecular weight is 129 g/mol. The van der Waals surface area contributed by atoms with Gasteiger partial charge in [0.1, 0.15) is 0 Å². The minimum atomic E-state index is -0.192. The van der Waals surface area contributed by atoms with E-state index in [4.69, 9.17) is 5.11 Å². The van der Waals surface area contributed by atoms with E-state index < -0.39 is 0 Å². The first-order valence-electron chi connectivity index (χ1n) is 3.20. The second-order valence-electron chi connectivity index (χ2n) is 2.45. The van der Waals surface area contributed by atoms with Crippen LogP contribution in [0.15, 0.2) is 0 Å². The zero-order chi connectivity index (χ0) is 6.69. The lowest BCUT2D eigenvalue weighted by Crippen LogP contribution is -2.24. The van der Waals surface area contributed by atoms with E-state index in [-0.39, 0.29) is 12.1 Å². The van der Waals surface area contributed by atoms with Gasteiger partial charge < -0.3 is 10.4 Å². The van der Waals surface area contributed by atoms with Crippen LogP contribution in [0.25, 0.3) is 0 Å². The van der Waals surface area contributed by atoms with E-state index in [1.54, 1.807) is 0 Å². The lowest BCUT2D eigenvalue weighted by Gasteiger charge is -2.04. The molecule has 1 aliphatic carbocycles. The van der Waals surface area contributed by atoms with Gasteiger partial charge in [0.2, 0.25) is 6.41 Å². The van der Waals surface area contributed by atoms with E-state index in [2.05, 4.69) is 5.32 Å². The highest BCUT2D eigenvalue weighted by Crippen LogP contribution is 2.17. The van der Waals surface area contributed by atoms with E-state index in [9.17, 15) is 4.79 Å². The summed E-state index contributed by atoms with van der Waals surface area (Å²) < 4.78 is 0. The Kier molecular flexibility index (Phi) is 2.05. The molecule has 52 valence electrons. The van der Waals surface area contributed by atoms with Crippen LogP contribution in [0.5, 0.6) is 0 Å². The third-order valence-corrected chi connectivity index (χ3v) is 1.71. The maximum Gasteiger partial charge on any atom is 0.207 e. The highest BCUT2D eigenvalue weighted by molar-refractivity contribution is 5.46. The summed E-state index contributed by atoms with van der Waals surface area (Å²) in [6.07, 6.45) is 2.97. The molecule has 1 rings (SSSR count). The highest BCUT2D eigenvalue weighted by atomic mass is 16.3. The Morgan fingerprint density at radius 1 is 1.56 bits per heavy atom. The minimum Gasteiger partial charge on any atom is -0.393 e. The highest BCUT2D eigenvalue weighted by Gasteiger charge is 2.21. The Hall–Kier alpha value is -0.570. The van der Waals surface area contributed by atoms with Crippen LogP contribution in [0.1, 0.15) is 19.3 Å². The Morgan fingerprint density at radius 2 is 2.33 bits per heavy atom. The monoisotopic (exact) mass is 129 g/mol. The summed E-state index contributed by atoms with van der Waals surface area (Å²) in [6.45, 7) is 0. The first kappa shape index (κ1) is 6.55. The molecule has 0 heterocycles. The second-order valence-corrected chi connectivity index (χ2v) is 2.45. The lowest BCUT2D eigenvalue weighted by molar-refractivity contribution is -0.110. The van der Waals surface area contributed by atoms with Crippen LogP contribution in [0.3, 0.4) is 0 Å². The third-order valence-electron chi connectivity index (χ3n) is 1.71. The summed E-state index contributed by atoms with van der Waals surface area (Å²) in [5.74, 6) is 0. The lowest BCUT2D eigenvalue weighted by atomic mass is 10.2. The fourth-order valence-corrected chi connectivity index (χ4v) is 1.21. The molecule has 0 aromatic rings. The molecule has 1 fully saturated rings. The van der Waals surface area contributed by atoms with Crippen LogP contribution < -0.4 is 5.32 Å². The van der Waals surface area contributed by atoms with Crippen molar-refractivity contribution in [2.75, 3.05) is 0 Å². The van der Waals surface area contributed by atoms with Crippen LogP contribution in [0.4, 0.5) is 0 Å². The molecule has 1 amide bonds. The molecule has 0 saturated heterocycles. The quantitative estimate of drug-likeness (QED) is 0.500. The molecular weight excluding hydrogens is 118 g/mol. The van der Waals surface area contributed by atoms with Crippen molar-refractivity contribution in [1.82, 2.24) is 5.32 Å². The number of aliphatic hydroxyl groups is 1. The number of amides is 1. The molecule has 0 radical (unpaired) electrons. The van der Waals surface area contributed by atoms with E-state index in [0.29, 0.717) is 6.41 Å². The summed E-state index contributed by atoms with van der Waals surface area (Å²) in [5.41, 5.74) is 0. The molecular formula is C6H11NO2. The number of carbonyl (C=O) groups is 1. The number of carbonyl (C=O) groups excluding carboxylic acids is 1. The van der Waals surface area contributed by atoms with E-state index in [1.807, 2.05) is 0 Å². The van der Waals surface area contributed by atoms with Crippen LogP contribution in [-0.2, 0) is 4.79 Å². The van der Waals surface area contributed by atoms with Crippen molar-refractivity contribution in [2.24, 2.45) is 0 Å². The Morgan fingerprint density at radius 3 is 2.78 bits per heavy atom. The van der Waals surface area contributed by atoms with Gasteiger partial charge in [-0.25, -0.2) is 0 Å². The van der Waals surface area contributed by atoms with Crippen molar-refractivity contribution in [3.8, 4) is 0 Å². The summed E-state index contributed by atoms with van der Waals surface area (Å²) in [5, 5.41) is 11.6. The van der Waals surface area contributed by atoms with E-state index in [0.717, 1.165) is 19.3 Å². The van der Waals surface area contributed by atoms with Gasteiger partial charge in [-0.2, -0.15) is 0 Å². The molecule has 0 bridgehead atoms. The Balaban J connectivity index is 2.21. The first-order chi connectivity index (χ1) is 4.33. The molecule has 1 saturated carbocycles. The van der Waals surface area contributed by atoms with E-state index in [1.165, 1.54) is 0 Å². The Bertz CT molecular complexity index is 105. The molecule has 2 N–H and O–H groups in total. The minimum absolute atomic E-state index is 0.192. The van der Waals surface area contributed by atoms with Gasteiger partial charge >= 0.3 is 0 Å². The average Bonchev–Trinajstić information content (AvgIpc) is 2.17. The molecule has 0 aromatic heterocycles. The van der Waals surface area contributed by atoms with Crippen LogP contribution in [0, 0.1) is 0 Å². The maximum atomic E-state index is 9.87. The van der Waals surface area contributed by atoms with Gasteiger partial charge in [0.25, 0.3) is 0 Å². The standard InChI is InChI=1S/C6H11NO2/c8-4-7-5-1-2-6(9)3-5/h4-6,9H,1-3H2,(H,7,8)/t5-,6?/m0/s1. The van der Waals surface area contributed by atoms with Crippen molar-refractivity contribution in [3.05, 3.63) is 0 Å². The second kappa shape index (κ2) is 2.82. The summed E-state index contributed by atoms with van der Waals surface area (Å²) >= 11 is 0. The van der Waals surface area contributed by atoms with E-state index >= 15 is 0 Å². The normalized spacial score (nSPS) is 34.3. The summed E-state index contributed by atoms with van der Waals surface area (Å²) in [4.78, 5) is 9.87. The molecule has 1 unspecified atom stereocenters. The number of hydrogen-bond donors (Lipinski definition) is 2. The molecule has 0 spiro atoms. The first-order valence-corrected chi connectivity index (χ1v) is 3.20. The van der Waals surface area contributed by atoms with Gasteiger partial charge in [0, 0.05) is 6.04 Å². The number of aliphatic hydroxyl groups excluding tert-OH is 1. The van der Waals surface area contributed by atoms with Gasteiger partial charge in [-0.15, -0.1) is 0 Å². The summed E-state index contributed by atoms with van der Waals surface area (Å²) in [7, 11) is 0. The molecule has 3 nitrogen and oxygen atoms in total. The molecule has 3 heteroatoms. The zero-order valence-corrected chi connectivity index (χ0v) is 5.21. The van der Waals surface area contributed by atoms with Crippen LogP contribution >= 0.6 is 0 Å². The van der Waals surface area contributed by atoms with Crippen molar-refractivity contribution in [1.29, 1.82) is 0 Å². The topological polar surface area (TPSA) is 49.3 Å². The predicted molar refractivity (Wildman–Crippen MR) is 32.8 cm³/mol. The maximum absolute atomic E-state index is 9.87. The largest absolute Gasteiger partial charge is 0.393 e.